The number of carbonyl (C=O) groups is 2. The summed E-state index contributed by atoms with van der Waals surface area (Å²) in [6, 6.07) is 17.7. The average Bonchev–Trinajstić information content (AvgIpc) is 2.63. The number of Topliss-reactive ketones (excluding diaryl/α,β-unsaturated/α-hetero) is 1. The van der Waals surface area contributed by atoms with Gasteiger partial charge in [-0.1, -0.05) is 60.7 Å². The molecular weight excluding hydrogens is 332 g/mol. The van der Waals surface area contributed by atoms with E-state index in [9.17, 15) is 14.7 Å². The van der Waals surface area contributed by atoms with E-state index in [1.54, 1.807) is 62.8 Å². The zero-order valence-electron chi connectivity index (χ0n) is 13.6. The van der Waals surface area contributed by atoms with Crippen LogP contribution in [-0.4, -0.2) is 42.1 Å². The number of aliphatic hydroxyl groups excluding tert-OH is 1. The Balaban J connectivity index is 0.000000559. The molecule has 0 saturated carbocycles. The van der Waals surface area contributed by atoms with E-state index in [2.05, 4.69) is 4.74 Å². The molecule has 0 aliphatic heterocycles. The molecule has 0 fully saturated rings. The minimum atomic E-state index is -1.08. The molecule has 0 spiro atoms. The number of rotatable bonds is 4. The van der Waals surface area contributed by atoms with Gasteiger partial charge >= 0.3 is 5.97 Å². The van der Waals surface area contributed by atoms with Crippen LogP contribution < -0.4 is 0 Å². The lowest BCUT2D eigenvalue weighted by atomic mass is 10.0. The molecule has 0 aliphatic carbocycles. The summed E-state index contributed by atoms with van der Waals surface area (Å²) in [4.78, 5) is 21.1. The minimum absolute atomic E-state index is 0.271. The van der Waals surface area contributed by atoms with Gasteiger partial charge in [0.1, 0.15) is 12.0 Å². The van der Waals surface area contributed by atoms with Gasteiger partial charge in [0.25, 0.3) is 0 Å². The van der Waals surface area contributed by atoms with E-state index in [4.69, 9.17) is 16.7 Å². The second-order valence-electron chi connectivity index (χ2n) is 4.48. The van der Waals surface area contributed by atoms with Crippen LogP contribution in [0.4, 0.5) is 0 Å². The van der Waals surface area contributed by atoms with E-state index in [1.165, 1.54) is 0 Å². The minimum Gasteiger partial charge on any atom is -0.480 e. The van der Waals surface area contributed by atoms with Crippen molar-refractivity contribution in [3.05, 3.63) is 71.8 Å². The Kier molecular flexibility index (Phi) is 12.0. The van der Waals surface area contributed by atoms with E-state index in [1.807, 2.05) is 12.1 Å². The number of methoxy groups -OCH3 is 1. The highest BCUT2D eigenvalue weighted by Crippen LogP contribution is 2.17. The van der Waals surface area contributed by atoms with Gasteiger partial charge in [0, 0.05) is 19.8 Å². The summed E-state index contributed by atoms with van der Waals surface area (Å²) in [7, 11) is 3.25. The summed E-state index contributed by atoms with van der Waals surface area (Å²) in [5, 5.41) is 17.5. The zero-order valence-corrected chi connectivity index (χ0v) is 14.3. The summed E-state index contributed by atoms with van der Waals surface area (Å²) in [5.74, 6) is -1.56. The fourth-order valence-electron chi connectivity index (χ4n) is 1.55. The number of carbonyl (C=O) groups excluding carboxylic acids is 1. The fourth-order valence-corrected chi connectivity index (χ4v) is 1.55. The highest BCUT2D eigenvalue weighted by molar-refractivity contribution is 6.26. The van der Waals surface area contributed by atoms with Crippen LogP contribution in [0.3, 0.4) is 0 Å². The van der Waals surface area contributed by atoms with Gasteiger partial charge in [-0.2, -0.15) is 0 Å². The molecule has 2 N–H and O–H groups in total. The van der Waals surface area contributed by atoms with Crippen LogP contribution >= 0.6 is 11.6 Å². The standard InChI is InChI=1S/C14H12O2.C2H3ClO2.C2H6O/c15-13(11-7-3-1-4-8-11)14(16)12-9-5-2-6-10-12;3-1-2(4)5;1-3-2/h1-10,13,15H;1H2,(H,4,5);1-2H3. The molecule has 1 atom stereocenters. The molecule has 0 saturated heterocycles. The number of carboxylic acids is 1. The Morgan fingerprint density at radius 3 is 1.75 bits per heavy atom. The number of aliphatic hydroxyl groups is 1. The maximum absolute atomic E-state index is 11.9. The molecule has 130 valence electrons. The van der Waals surface area contributed by atoms with Crippen LogP contribution in [0.2, 0.25) is 0 Å². The summed E-state index contributed by atoms with van der Waals surface area (Å²) in [5.41, 5.74) is 1.15. The first-order valence-electron chi connectivity index (χ1n) is 6.98. The molecule has 5 nitrogen and oxygen atoms in total. The van der Waals surface area contributed by atoms with Gasteiger partial charge in [0.15, 0.2) is 5.78 Å². The van der Waals surface area contributed by atoms with E-state index in [-0.39, 0.29) is 11.7 Å². The smallest absolute Gasteiger partial charge is 0.318 e. The molecule has 0 amide bonds. The number of aliphatic carboxylic acids is 1. The SMILES string of the molecule is COC.O=C(O)CCl.O=C(c1ccccc1)C(O)c1ccccc1. The van der Waals surface area contributed by atoms with E-state index < -0.39 is 12.1 Å². The highest BCUT2D eigenvalue weighted by Gasteiger charge is 2.18. The van der Waals surface area contributed by atoms with Crippen molar-refractivity contribution in [3.8, 4) is 0 Å². The van der Waals surface area contributed by atoms with E-state index in [0.717, 1.165) is 0 Å². The normalized spacial score (nSPS) is 10.3. The van der Waals surface area contributed by atoms with Crippen molar-refractivity contribution in [2.75, 3.05) is 20.1 Å². The van der Waals surface area contributed by atoms with Crippen LogP contribution in [0, 0.1) is 0 Å². The van der Waals surface area contributed by atoms with Crippen LogP contribution in [0.1, 0.15) is 22.0 Å². The molecule has 0 heterocycles. The van der Waals surface area contributed by atoms with Crippen LogP contribution in [0.25, 0.3) is 0 Å². The van der Waals surface area contributed by atoms with E-state index >= 15 is 0 Å². The number of halogens is 1. The van der Waals surface area contributed by atoms with Gasteiger partial charge in [-0.3, -0.25) is 9.59 Å². The Bertz CT molecular complexity index is 587. The third kappa shape index (κ3) is 9.05. The number of ketones is 1. The summed E-state index contributed by atoms with van der Waals surface area (Å²) < 4.78 is 4.25. The van der Waals surface area contributed by atoms with Gasteiger partial charge in [-0.25, -0.2) is 0 Å². The third-order valence-corrected chi connectivity index (χ3v) is 2.76. The molecule has 0 radical (unpaired) electrons. The molecule has 2 aromatic rings. The topological polar surface area (TPSA) is 83.8 Å². The second-order valence-corrected chi connectivity index (χ2v) is 4.75. The van der Waals surface area contributed by atoms with Crippen molar-refractivity contribution >= 4 is 23.4 Å². The van der Waals surface area contributed by atoms with Gasteiger partial charge in [0.05, 0.1) is 0 Å². The van der Waals surface area contributed by atoms with Crippen molar-refractivity contribution < 1.29 is 24.5 Å². The van der Waals surface area contributed by atoms with Gasteiger partial charge in [-0.15, -0.1) is 11.6 Å². The Hall–Kier alpha value is -2.21. The average molecular weight is 353 g/mol. The van der Waals surface area contributed by atoms with Crippen LogP contribution in [-0.2, 0) is 9.53 Å². The van der Waals surface area contributed by atoms with Crippen molar-refractivity contribution in [1.82, 2.24) is 0 Å². The number of carboxylic acid groups (broad SMARTS) is 1. The van der Waals surface area contributed by atoms with Crippen molar-refractivity contribution in [1.29, 1.82) is 0 Å². The third-order valence-electron chi connectivity index (χ3n) is 2.54. The van der Waals surface area contributed by atoms with Crippen molar-refractivity contribution in [3.63, 3.8) is 0 Å². The lowest BCUT2D eigenvalue weighted by Crippen LogP contribution is -2.11. The molecule has 1 unspecified atom stereocenters. The quantitative estimate of drug-likeness (QED) is 0.652. The van der Waals surface area contributed by atoms with Crippen molar-refractivity contribution in [2.45, 2.75) is 6.10 Å². The molecule has 24 heavy (non-hydrogen) atoms. The largest absolute Gasteiger partial charge is 0.480 e. The van der Waals surface area contributed by atoms with Crippen LogP contribution in [0.5, 0.6) is 0 Å². The number of hydrogen-bond donors (Lipinski definition) is 2. The lowest BCUT2D eigenvalue weighted by Gasteiger charge is -2.09. The molecule has 0 aliphatic rings. The molecule has 2 rings (SSSR count). The summed E-state index contributed by atoms with van der Waals surface area (Å²) in [6.45, 7) is 0. The van der Waals surface area contributed by atoms with Crippen LogP contribution in [0.15, 0.2) is 60.7 Å². The fraction of sp³-hybridized carbons (Fsp3) is 0.222. The first kappa shape index (κ1) is 21.8. The molecular formula is C18H21ClO5. The predicted molar refractivity (Wildman–Crippen MR) is 93.5 cm³/mol. The van der Waals surface area contributed by atoms with Gasteiger partial charge < -0.3 is 14.9 Å². The monoisotopic (exact) mass is 352 g/mol. The summed E-state index contributed by atoms with van der Waals surface area (Å²) in [6.07, 6.45) is -1.08. The molecule has 2 aromatic carbocycles. The van der Waals surface area contributed by atoms with Crippen molar-refractivity contribution in [2.24, 2.45) is 0 Å². The first-order chi connectivity index (χ1) is 11.5. The first-order valence-corrected chi connectivity index (χ1v) is 7.51. The number of ether oxygens (including phenoxy) is 1. The Morgan fingerprint density at radius 1 is 1.00 bits per heavy atom. The number of benzene rings is 2. The maximum atomic E-state index is 11.9. The highest BCUT2D eigenvalue weighted by atomic mass is 35.5. The number of hydrogen-bond acceptors (Lipinski definition) is 4. The molecule has 0 aromatic heterocycles. The summed E-state index contributed by atoms with van der Waals surface area (Å²) >= 11 is 4.74. The number of alkyl halides is 1. The lowest BCUT2D eigenvalue weighted by molar-refractivity contribution is -0.134. The van der Waals surface area contributed by atoms with E-state index in [0.29, 0.717) is 11.1 Å². The molecule has 0 bridgehead atoms. The Morgan fingerprint density at radius 2 is 1.38 bits per heavy atom. The maximum Gasteiger partial charge on any atom is 0.318 e. The second kappa shape index (κ2) is 13.2. The zero-order chi connectivity index (χ0) is 18.4. The van der Waals surface area contributed by atoms with Gasteiger partial charge in [-0.05, 0) is 5.56 Å². The van der Waals surface area contributed by atoms with Gasteiger partial charge in [0.2, 0.25) is 0 Å². The molecule has 6 heteroatoms. The predicted octanol–water partition coefficient (Wildman–Crippen LogP) is 3.18. The Labute approximate surface area is 146 Å².